The van der Waals surface area contributed by atoms with Crippen molar-refractivity contribution in [2.24, 2.45) is 0 Å². The largest absolute Gasteiger partial charge is 0.385 e. The fourth-order valence-corrected chi connectivity index (χ4v) is 2.20. The molecule has 1 aromatic heterocycles. The van der Waals surface area contributed by atoms with Crippen LogP contribution in [0.25, 0.3) is 0 Å². The van der Waals surface area contributed by atoms with E-state index in [9.17, 15) is 17.9 Å². The molecule has 1 unspecified atom stereocenters. The monoisotopic (exact) mass is 261 g/mol. The molecule has 0 aliphatic carbocycles. The zero-order chi connectivity index (χ0) is 13.1. The quantitative estimate of drug-likeness (QED) is 0.866. The standard InChI is InChI=1S/C11H16FNO3S/c1-11(14,4-3-5-17(2,15)16)9-6-10(12)8-13-7-9/h6-8,14H,3-5H2,1-2H3. The summed E-state index contributed by atoms with van der Waals surface area (Å²) in [6.07, 6.45) is 4.14. The second kappa shape index (κ2) is 5.10. The van der Waals surface area contributed by atoms with Gasteiger partial charge in [0.2, 0.25) is 0 Å². The van der Waals surface area contributed by atoms with Crippen LogP contribution in [0.5, 0.6) is 0 Å². The zero-order valence-electron chi connectivity index (χ0n) is 9.85. The van der Waals surface area contributed by atoms with E-state index in [0.717, 1.165) is 12.5 Å². The van der Waals surface area contributed by atoms with Gasteiger partial charge in [-0.05, 0) is 25.8 Å². The molecule has 1 atom stereocenters. The van der Waals surface area contributed by atoms with E-state index in [-0.39, 0.29) is 12.2 Å². The molecule has 1 rings (SSSR count). The number of hydrogen-bond acceptors (Lipinski definition) is 4. The summed E-state index contributed by atoms with van der Waals surface area (Å²) in [4.78, 5) is 3.65. The summed E-state index contributed by atoms with van der Waals surface area (Å²) in [6, 6.07) is 1.20. The molecule has 0 aliphatic heterocycles. The fourth-order valence-electron chi connectivity index (χ4n) is 1.53. The summed E-state index contributed by atoms with van der Waals surface area (Å²) in [7, 11) is -3.04. The molecule has 4 nitrogen and oxygen atoms in total. The molecule has 17 heavy (non-hydrogen) atoms. The number of hydrogen-bond donors (Lipinski definition) is 1. The SMILES string of the molecule is CC(O)(CCCS(C)(=O)=O)c1cncc(F)c1. The molecule has 1 heterocycles. The van der Waals surface area contributed by atoms with Crippen LogP contribution < -0.4 is 0 Å². The third kappa shape index (κ3) is 4.79. The number of aromatic nitrogens is 1. The molecule has 0 saturated heterocycles. The van der Waals surface area contributed by atoms with Crippen LogP contribution in [-0.4, -0.2) is 30.5 Å². The average Bonchev–Trinajstić information content (AvgIpc) is 2.15. The van der Waals surface area contributed by atoms with Crippen LogP contribution in [0.15, 0.2) is 18.5 Å². The highest BCUT2D eigenvalue weighted by atomic mass is 32.2. The summed E-state index contributed by atoms with van der Waals surface area (Å²) in [5.74, 6) is -0.516. The maximum Gasteiger partial charge on any atom is 0.147 e. The van der Waals surface area contributed by atoms with Gasteiger partial charge in [0.25, 0.3) is 0 Å². The summed E-state index contributed by atoms with van der Waals surface area (Å²) >= 11 is 0. The van der Waals surface area contributed by atoms with Gasteiger partial charge >= 0.3 is 0 Å². The molecule has 0 bridgehead atoms. The Labute approximate surface area is 100 Å². The number of pyridine rings is 1. The first-order valence-corrected chi connectivity index (χ1v) is 7.28. The van der Waals surface area contributed by atoms with Gasteiger partial charge in [-0.2, -0.15) is 0 Å². The van der Waals surface area contributed by atoms with Crippen molar-refractivity contribution in [1.29, 1.82) is 0 Å². The van der Waals surface area contributed by atoms with E-state index in [1.165, 1.54) is 19.2 Å². The lowest BCUT2D eigenvalue weighted by Gasteiger charge is -2.23. The smallest absolute Gasteiger partial charge is 0.147 e. The number of aliphatic hydroxyl groups is 1. The predicted octanol–water partition coefficient (Wildman–Crippen LogP) is 1.25. The Morgan fingerprint density at radius 1 is 1.47 bits per heavy atom. The molecule has 0 radical (unpaired) electrons. The molecule has 0 saturated carbocycles. The van der Waals surface area contributed by atoms with Gasteiger partial charge in [0, 0.05) is 23.8 Å². The minimum atomic E-state index is -3.04. The first-order valence-electron chi connectivity index (χ1n) is 5.22. The van der Waals surface area contributed by atoms with Crippen molar-refractivity contribution in [2.45, 2.75) is 25.4 Å². The predicted molar refractivity (Wildman–Crippen MR) is 62.7 cm³/mol. The van der Waals surface area contributed by atoms with Crippen LogP contribution in [0.2, 0.25) is 0 Å². The lowest BCUT2D eigenvalue weighted by atomic mass is 9.93. The van der Waals surface area contributed by atoms with Crippen molar-refractivity contribution in [1.82, 2.24) is 4.98 Å². The Balaban J connectivity index is 2.69. The van der Waals surface area contributed by atoms with Crippen molar-refractivity contribution in [3.8, 4) is 0 Å². The van der Waals surface area contributed by atoms with Crippen molar-refractivity contribution in [2.75, 3.05) is 12.0 Å². The molecule has 1 aromatic rings. The van der Waals surface area contributed by atoms with Crippen LogP contribution in [0, 0.1) is 5.82 Å². The van der Waals surface area contributed by atoms with E-state index < -0.39 is 21.3 Å². The topological polar surface area (TPSA) is 67.3 Å². The van der Waals surface area contributed by atoms with E-state index in [0.29, 0.717) is 12.0 Å². The maximum atomic E-state index is 12.9. The summed E-state index contributed by atoms with van der Waals surface area (Å²) < 4.78 is 34.8. The molecular formula is C11H16FNO3S. The first-order chi connectivity index (χ1) is 7.71. The maximum absolute atomic E-state index is 12.9. The van der Waals surface area contributed by atoms with Crippen molar-refractivity contribution >= 4 is 9.84 Å². The number of rotatable bonds is 5. The van der Waals surface area contributed by atoms with Crippen LogP contribution in [0.3, 0.4) is 0 Å². The Kier molecular flexibility index (Phi) is 4.21. The van der Waals surface area contributed by atoms with Gasteiger partial charge in [-0.25, -0.2) is 12.8 Å². The van der Waals surface area contributed by atoms with Crippen molar-refractivity contribution < 1.29 is 17.9 Å². The molecular weight excluding hydrogens is 245 g/mol. The Morgan fingerprint density at radius 3 is 2.65 bits per heavy atom. The van der Waals surface area contributed by atoms with Crippen molar-refractivity contribution in [3.05, 3.63) is 29.8 Å². The highest BCUT2D eigenvalue weighted by molar-refractivity contribution is 7.90. The lowest BCUT2D eigenvalue weighted by Crippen LogP contribution is -2.22. The second-order valence-electron chi connectivity index (χ2n) is 4.40. The van der Waals surface area contributed by atoms with E-state index >= 15 is 0 Å². The highest BCUT2D eigenvalue weighted by Gasteiger charge is 2.24. The van der Waals surface area contributed by atoms with Gasteiger partial charge in [-0.3, -0.25) is 4.98 Å². The van der Waals surface area contributed by atoms with Crippen LogP contribution >= 0.6 is 0 Å². The fraction of sp³-hybridized carbons (Fsp3) is 0.545. The van der Waals surface area contributed by atoms with Gasteiger partial charge in [0.15, 0.2) is 0 Å². The van der Waals surface area contributed by atoms with Gasteiger partial charge in [-0.15, -0.1) is 0 Å². The minimum absolute atomic E-state index is 0.00585. The van der Waals surface area contributed by atoms with E-state index in [1.807, 2.05) is 0 Å². The number of nitrogens with zero attached hydrogens (tertiary/aromatic N) is 1. The molecule has 0 fully saturated rings. The molecule has 96 valence electrons. The van der Waals surface area contributed by atoms with Gasteiger partial charge in [0.1, 0.15) is 15.7 Å². The Hall–Kier alpha value is -1.01. The van der Waals surface area contributed by atoms with E-state index in [4.69, 9.17) is 0 Å². The van der Waals surface area contributed by atoms with E-state index in [1.54, 1.807) is 0 Å². The summed E-state index contributed by atoms with van der Waals surface area (Å²) in [5, 5.41) is 10.1. The first kappa shape index (κ1) is 14.1. The molecule has 0 aliphatic rings. The normalized spacial score (nSPS) is 15.5. The number of sulfone groups is 1. The van der Waals surface area contributed by atoms with Crippen LogP contribution in [0.1, 0.15) is 25.3 Å². The third-order valence-corrected chi connectivity index (χ3v) is 3.54. The second-order valence-corrected chi connectivity index (χ2v) is 6.66. The van der Waals surface area contributed by atoms with E-state index in [2.05, 4.69) is 4.98 Å². The summed E-state index contributed by atoms with van der Waals surface area (Å²) in [5.41, 5.74) is -0.911. The summed E-state index contributed by atoms with van der Waals surface area (Å²) in [6.45, 7) is 1.52. The average molecular weight is 261 g/mol. The Bertz CT molecular complexity index is 485. The highest BCUT2D eigenvalue weighted by Crippen LogP contribution is 2.25. The third-order valence-electron chi connectivity index (χ3n) is 2.51. The van der Waals surface area contributed by atoms with Crippen LogP contribution in [-0.2, 0) is 15.4 Å². The molecule has 6 heteroatoms. The van der Waals surface area contributed by atoms with Gasteiger partial charge in [0.05, 0.1) is 11.8 Å². The minimum Gasteiger partial charge on any atom is -0.385 e. The molecule has 0 aromatic carbocycles. The zero-order valence-corrected chi connectivity index (χ0v) is 10.7. The van der Waals surface area contributed by atoms with Crippen molar-refractivity contribution in [3.63, 3.8) is 0 Å². The number of halogens is 1. The molecule has 1 N–H and O–H groups in total. The Morgan fingerprint density at radius 2 is 2.12 bits per heavy atom. The van der Waals surface area contributed by atoms with Gasteiger partial charge < -0.3 is 5.11 Å². The van der Waals surface area contributed by atoms with Gasteiger partial charge in [-0.1, -0.05) is 0 Å². The molecule has 0 amide bonds. The lowest BCUT2D eigenvalue weighted by molar-refractivity contribution is 0.0465. The molecule has 0 spiro atoms. The van der Waals surface area contributed by atoms with Crippen LogP contribution in [0.4, 0.5) is 4.39 Å².